The number of hydrogen-bond donors (Lipinski definition) is 0. The van der Waals surface area contributed by atoms with E-state index in [0.29, 0.717) is 6.61 Å². The Morgan fingerprint density at radius 2 is 2.17 bits per heavy atom. The first kappa shape index (κ1) is 12.3. The van der Waals surface area contributed by atoms with Crippen LogP contribution in [0.2, 0.25) is 4.34 Å². The molecule has 2 atom stereocenters. The van der Waals surface area contributed by atoms with Gasteiger partial charge < -0.3 is 4.74 Å². The van der Waals surface area contributed by atoms with E-state index < -0.39 is 0 Å². The maximum atomic E-state index is 6.60. The normalized spacial score (nSPS) is 19.4. The lowest BCUT2D eigenvalue weighted by molar-refractivity contribution is 0.328. The summed E-state index contributed by atoms with van der Waals surface area (Å²) in [6.07, 6.45) is 0. The molecule has 0 saturated carbocycles. The molecule has 0 aliphatic carbocycles. The van der Waals surface area contributed by atoms with Crippen LogP contribution in [0.5, 0.6) is 5.75 Å². The Bertz CT molecular complexity index is 559. The Labute approximate surface area is 120 Å². The van der Waals surface area contributed by atoms with E-state index in [2.05, 4.69) is 12.1 Å². The highest BCUT2D eigenvalue weighted by molar-refractivity contribution is 7.16. The van der Waals surface area contributed by atoms with Gasteiger partial charge in [0.15, 0.2) is 0 Å². The fourth-order valence-electron chi connectivity index (χ4n) is 2.25. The lowest BCUT2D eigenvalue weighted by atomic mass is 9.96. The summed E-state index contributed by atoms with van der Waals surface area (Å²) < 4.78 is 6.50. The standard InChI is InChI=1S/C14H12Cl2OS/c1-8-6-12(18-14(8)16)13(15)10-7-17-11-5-3-2-4-9(10)11/h2-6,10,13H,7H2,1H3. The van der Waals surface area contributed by atoms with E-state index in [1.807, 2.05) is 25.1 Å². The SMILES string of the molecule is Cc1cc(C(Cl)C2COc3ccccc32)sc1Cl. The Kier molecular flexibility index (Phi) is 3.27. The minimum Gasteiger partial charge on any atom is -0.493 e. The fourth-order valence-corrected chi connectivity index (χ4v) is 3.91. The minimum absolute atomic E-state index is 0.0788. The van der Waals surface area contributed by atoms with Crippen LogP contribution < -0.4 is 4.74 Å². The van der Waals surface area contributed by atoms with Crippen LogP contribution in [0, 0.1) is 6.92 Å². The van der Waals surface area contributed by atoms with E-state index in [4.69, 9.17) is 27.9 Å². The van der Waals surface area contributed by atoms with Crippen molar-refractivity contribution in [3.05, 3.63) is 50.7 Å². The van der Waals surface area contributed by atoms with Crippen LogP contribution in [0.1, 0.15) is 27.3 Å². The highest BCUT2D eigenvalue weighted by atomic mass is 35.5. The number of benzene rings is 1. The average molecular weight is 299 g/mol. The van der Waals surface area contributed by atoms with Crippen LogP contribution >= 0.6 is 34.5 Å². The topological polar surface area (TPSA) is 9.23 Å². The Morgan fingerprint density at radius 1 is 1.39 bits per heavy atom. The Balaban J connectivity index is 1.92. The van der Waals surface area contributed by atoms with Crippen molar-refractivity contribution in [3.63, 3.8) is 0 Å². The lowest BCUT2D eigenvalue weighted by Gasteiger charge is -2.14. The zero-order valence-corrected chi connectivity index (χ0v) is 12.1. The smallest absolute Gasteiger partial charge is 0.122 e. The second-order valence-corrected chi connectivity index (χ2v) is 6.62. The molecule has 1 aromatic carbocycles. The molecule has 3 rings (SSSR count). The van der Waals surface area contributed by atoms with Crippen molar-refractivity contribution in [2.45, 2.75) is 18.2 Å². The average Bonchev–Trinajstić information content (AvgIpc) is 2.93. The quantitative estimate of drug-likeness (QED) is 0.695. The Hall–Kier alpha value is -0.700. The third-order valence-corrected chi connectivity index (χ3v) is 5.55. The number of hydrogen-bond acceptors (Lipinski definition) is 2. The molecule has 0 radical (unpaired) electrons. The third kappa shape index (κ3) is 2.03. The molecular formula is C14H12Cl2OS. The van der Waals surface area contributed by atoms with Gasteiger partial charge in [-0.2, -0.15) is 0 Å². The molecule has 0 saturated heterocycles. The van der Waals surface area contributed by atoms with Gasteiger partial charge in [0.25, 0.3) is 0 Å². The number of thiophene rings is 1. The maximum absolute atomic E-state index is 6.60. The van der Waals surface area contributed by atoms with Crippen molar-refractivity contribution >= 4 is 34.5 Å². The molecule has 1 aliphatic heterocycles. The third-order valence-electron chi connectivity index (χ3n) is 3.24. The predicted octanol–water partition coefficient (Wildman–Crippen LogP) is 5.17. The number of alkyl halides is 1. The van der Waals surface area contributed by atoms with Crippen LogP contribution in [0.3, 0.4) is 0 Å². The zero-order chi connectivity index (χ0) is 12.7. The molecule has 0 bridgehead atoms. The minimum atomic E-state index is -0.0788. The molecule has 2 unspecified atom stereocenters. The van der Waals surface area contributed by atoms with Crippen molar-refractivity contribution in [1.29, 1.82) is 0 Å². The lowest BCUT2D eigenvalue weighted by Crippen LogP contribution is -2.06. The molecule has 0 fully saturated rings. The fraction of sp³-hybridized carbons (Fsp3) is 0.286. The molecule has 0 spiro atoms. The summed E-state index contributed by atoms with van der Waals surface area (Å²) in [4.78, 5) is 1.12. The van der Waals surface area contributed by atoms with Crippen LogP contribution in [0.25, 0.3) is 0 Å². The van der Waals surface area contributed by atoms with E-state index >= 15 is 0 Å². The van der Waals surface area contributed by atoms with E-state index in [0.717, 1.165) is 20.5 Å². The molecule has 2 heterocycles. The monoisotopic (exact) mass is 298 g/mol. The van der Waals surface area contributed by atoms with Crippen molar-refractivity contribution in [2.24, 2.45) is 0 Å². The van der Waals surface area contributed by atoms with Crippen molar-refractivity contribution < 1.29 is 4.74 Å². The van der Waals surface area contributed by atoms with Gasteiger partial charge in [-0.15, -0.1) is 22.9 Å². The van der Waals surface area contributed by atoms with Gasteiger partial charge in [0, 0.05) is 16.4 Å². The first-order chi connectivity index (χ1) is 8.66. The van der Waals surface area contributed by atoms with Crippen molar-refractivity contribution in [1.82, 2.24) is 0 Å². The number of halogens is 2. The van der Waals surface area contributed by atoms with Gasteiger partial charge >= 0.3 is 0 Å². The predicted molar refractivity (Wildman–Crippen MR) is 77.3 cm³/mol. The Morgan fingerprint density at radius 3 is 2.89 bits per heavy atom. The van der Waals surface area contributed by atoms with Crippen molar-refractivity contribution in [2.75, 3.05) is 6.61 Å². The molecule has 0 amide bonds. The molecular weight excluding hydrogens is 287 g/mol. The molecule has 1 aromatic heterocycles. The van der Waals surface area contributed by atoms with E-state index in [1.165, 1.54) is 5.56 Å². The summed E-state index contributed by atoms with van der Waals surface area (Å²) in [5.41, 5.74) is 2.29. The summed E-state index contributed by atoms with van der Waals surface area (Å²) >= 11 is 14.3. The molecule has 94 valence electrons. The second kappa shape index (κ2) is 4.76. The number of rotatable bonds is 2. The van der Waals surface area contributed by atoms with Gasteiger partial charge in [0.05, 0.1) is 16.3 Å². The molecule has 4 heteroatoms. The largest absolute Gasteiger partial charge is 0.493 e. The molecule has 0 N–H and O–H groups in total. The van der Waals surface area contributed by atoms with E-state index in [1.54, 1.807) is 11.3 Å². The van der Waals surface area contributed by atoms with Crippen molar-refractivity contribution in [3.8, 4) is 5.75 Å². The number of aryl methyl sites for hydroxylation is 1. The van der Waals surface area contributed by atoms with Gasteiger partial charge in [-0.1, -0.05) is 29.8 Å². The number of fused-ring (bicyclic) bond motifs is 1. The molecule has 2 aromatic rings. The zero-order valence-electron chi connectivity index (χ0n) is 9.82. The van der Waals surface area contributed by atoms with Gasteiger partial charge in [-0.05, 0) is 24.6 Å². The summed E-state index contributed by atoms with van der Waals surface area (Å²) in [7, 11) is 0. The molecule has 18 heavy (non-hydrogen) atoms. The first-order valence-electron chi connectivity index (χ1n) is 5.78. The van der Waals surface area contributed by atoms with Gasteiger partial charge in [-0.3, -0.25) is 0 Å². The second-order valence-electron chi connectivity index (χ2n) is 4.46. The summed E-state index contributed by atoms with van der Waals surface area (Å²) in [5, 5.41) is -0.0788. The van der Waals surface area contributed by atoms with E-state index in [-0.39, 0.29) is 11.3 Å². The molecule has 1 nitrogen and oxygen atoms in total. The highest BCUT2D eigenvalue weighted by Crippen LogP contribution is 2.47. The van der Waals surface area contributed by atoms with Crippen LogP contribution in [-0.4, -0.2) is 6.61 Å². The van der Waals surface area contributed by atoms with Crippen LogP contribution in [-0.2, 0) is 0 Å². The van der Waals surface area contributed by atoms with Crippen LogP contribution in [0.4, 0.5) is 0 Å². The number of ether oxygens (including phenoxy) is 1. The first-order valence-corrected chi connectivity index (χ1v) is 7.41. The highest BCUT2D eigenvalue weighted by Gasteiger charge is 2.32. The van der Waals surface area contributed by atoms with Crippen LogP contribution in [0.15, 0.2) is 30.3 Å². The summed E-state index contributed by atoms with van der Waals surface area (Å²) in [6, 6.07) is 10.2. The van der Waals surface area contributed by atoms with E-state index in [9.17, 15) is 0 Å². The summed E-state index contributed by atoms with van der Waals surface area (Å²) in [6.45, 7) is 2.65. The summed E-state index contributed by atoms with van der Waals surface area (Å²) in [5.74, 6) is 1.16. The molecule has 1 aliphatic rings. The van der Waals surface area contributed by atoms with Gasteiger partial charge in [0.2, 0.25) is 0 Å². The number of para-hydroxylation sites is 1. The van der Waals surface area contributed by atoms with Gasteiger partial charge in [-0.25, -0.2) is 0 Å². The maximum Gasteiger partial charge on any atom is 0.122 e. The van der Waals surface area contributed by atoms with Gasteiger partial charge in [0.1, 0.15) is 5.75 Å².